The lowest BCUT2D eigenvalue weighted by molar-refractivity contribution is -0.125. The number of rotatable bonds is 5. The van der Waals surface area contributed by atoms with Crippen molar-refractivity contribution in [3.05, 3.63) is 34.9 Å². The first-order valence-electron chi connectivity index (χ1n) is 7.95. The molecule has 0 aromatic carbocycles. The van der Waals surface area contributed by atoms with Crippen molar-refractivity contribution in [2.24, 2.45) is 5.92 Å². The molecule has 1 fully saturated rings. The number of hydrogen-bond donors (Lipinski definition) is 1. The summed E-state index contributed by atoms with van der Waals surface area (Å²) < 4.78 is 0. The molecule has 2 aromatic heterocycles. The fourth-order valence-electron chi connectivity index (χ4n) is 2.88. The summed E-state index contributed by atoms with van der Waals surface area (Å²) in [7, 11) is 0. The Morgan fingerprint density at radius 3 is 2.77 bits per heavy atom. The average molecular weight is 315 g/mol. The Bertz CT molecular complexity index is 605. The second-order valence-corrected chi connectivity index (χ2v) is 6.68. The predicted octanol–water partition coefficient (Wildman–Crippen LogP) is 3.44. The summed E-state index contributed by atoms with van der Waals surface area (Å²) in [5.74, 6) is 0.461. The molecule has 1 N–H and O–H groups in total. The number of thiazole rings is 1. The van der Waals surface area contributed by atoms with E-state index in [1.54, 1.807) is 23.7 Å². The Morgan fingerprint density at radius 2 is 2.00 bits per heavy atom. The lowest BCUT2D eigenvalue weighted by Gasteiger charge is -2.20. The van der Waals surface area contributed by atoms with E-state index in [-0.39, 0.29) is 11.8 Å². The minimum atomic E-state index is 0.227. The van der Waals surface area contributed by atoms with Crippen LogP contribution in [-0.2, 0) is 11.2 Å². The molecular formula is C17H21N3OS. The third kappa shape index (κ3) is 3.91. The number of aromatic nitrogens is 2. The molecule has 2 heterocycles. The molecule has 5 heteroatoms. The van der Waals surface area contributed by atoms with Crippen molar-refractivity contribution in [1.82, 2.24) is 15.3 Å². The molecule has 2 aromatic rings. The molecule has 1 saturated carbocycles. The van der Waals surface area contributed by atoms with Crippen molar-refractivity contribution in [2.45, 2.75) is 38.5 Å². The maximum Gasteiger partial charge on any atom is 0.223 e. The molecule has 1 amide bonds. The van der Waals surface area contributed by atoms with Gasteiger partial charge in [0, 0.05) is 42.2 Å². The molecule has 0 unspecified atom stereocenters. The van der Waals surface area contributed by atoms with E-state index in [1.165, 1.54) is 19.3 Å². The molecule has 116 valence electrons. The van der Waals surface area contributed by atoms with Crippen molar-refractivity contribution >= 4 is 17.2 Å². The Morgan fingerprint density at radius 1 is 1.23 bits per heavy atom. The van der Waals surface area contributed by atoms with Gasteiger partial charge in [0.15, 0.2) is 0 Å². The second kappa shape index (κ2) is 7.49. The highest BCUT2D eigenvalue weighted by molar-refractivity contribution is 7.09. The summed E-state index contributed by atoms with van der Waals surface area (Å²) in [6.07, 6.45) is 10.1. The van der Waals surface area contributed by atoms with Crippen LogP contribution in [0.1, 0.15) is 37.1 Å². The molecule has 0 saturated heterocycles. The van der Waals surface area contributed by atoms with Crippen molar-refractivity contribution in [3.8, 4) is 11.3 Å². The van der Waals surface area contributed by atoms with E-state index in [0.717, 1.165) is 35.5 Å². The van der Waals surface area contributed by atoms with Crippen LogP contribution in [0.4, 0.5) is 0 Å². The van der Waals surface area contributed by atoms with Gasteiger partial charge in [-0.15, -0.1) is 11.3 Å². The first-order valence-corrected chi connectivity index (χ1v) is 8.83. The van der Waals surface area contributed by atoms with Crippen LogP contribution in [0.25, 0.3) is 11.3 Å². The molecular weight excluding hydrogens is 294 g/mol. The molecule has 3 rings (SSSR count). The molecule has 0 spiro atoms. The van der Waals surface area contributed by atoms with Gasteiger partial charge >= 0.3 is 0 Å². The molecule has 0 aliphatic heterocycles. The average Bonchev–Trinajstić information content (AvgIpc) is 3.05. The maximum absolute atomic E-state index is 12.1. The third-order valence-electron chi connectivity index (χ3n) is 4.14. The van der Waals surface area contributed by atoms with E-state index >= 15 is 0 Å². The molecule has 0 radical (unpaired) electrons. The number of hydrogen-bond acceptors (Lipinski definition) is 4. The summed E-state index contributed by atoms with van der Waals surface area (Å²) in [4.78, 5) is 20.7. The second-order valence-electron chi connectivity index (χ2n) is 5.74. The van der Waals surface area contributed by atoms with Crippen molar-refractivity contribution in [3.63, 3.8) is 0 Å². The van der Waals surface area contributed by atoms with Crippen LogP contribution >= 0.6 is 11.3 Å². The van der Waals surface area contributed by atoms with E-state index in [2.05, 4.69) is 20.7 Å². The van der Waals surface area contributed by atoms with Crippen LogP contribution in [0.5, 0.6) is 0 Å². The first-order chi connectivity index (χ1) is 10.8. The minimum Gasteiger partial charge on any atom is -0.355 e. The Kier molecular flexibility index (Phi) is 5.16. The molecule has 0 bridgehead atoms. The van der Waals surface area contributed by atoms with Crippen LogP contribution in [0, 0.1) is 5.92 Å². The number of nitrogens with one attached hydrogen (secondary N) is 1. The highest BCUT2D eigenvalue weighted by atomic mass is 32.1. The summed E-state index contributed by atoms with van der Waals surface area (Å²) in [5.41, 5.74) is 2.07. The Labute approximate surface area is 135 Å². The van der Waals surface area contributed by atoms with E-state index in [4.69, 9.17) is 0 Å². The molecule has 22 heavy (non-hydrogen) atoms. The van der Waals surface area contributed by atoms with E-state index in [1.807, 2.05) is 12.1 Å². The van der Waals surface area contributed by atoms with Gasteiger partial charge < -0.3 is 5.32 Å². The largest absolute Gasteiger partial charge is 0.355 e. The van der Waals surface area contributed by atoms with Crippen LogP contribution in [0.15, 0.2) is 29.9 Å². The fraction of sp³-hybridized carbons (Fsp3) is 0.471. The summed E-state index contributed by atoms with van der Waals surface area (Å²) >= 11 is 1.65. The van der Waals surface area contributed by atoms with Crippen LogP contribution in [0.2, 0.25) is 0 Å². The zero-order valence-electron chi connectivity index (χ0n) is 12.6. The van der Waals surface area contributed by atoms with Gasteiger partial charge in [-0.3, -0.25) is 9.78 Å². The first kappa shape index (κ1) is 15.2. The van der Waals surface area contributed by atoms with E-state index in [9.17, 15) is 4.79 Å². The topological polar surface area (TPSA) is 54.9 Å². The number of pyridine rings is 1. The van der Waals surface area contributed by atoms with Gasteiger partial charge in [0.2, 0.25) is 5.91 Å². The Hall–Kier alpha value is -1.75. The van der Waals surface area contributed by atoms with Gasteiger partial charge in [-0.1, -0.05) is 19.3 Å². The summed E-state index contributed by atoms with van der Waals surface area (Å²) in [5, 5.41) is 6.20. The van der Waals surface area contributed by atoms with Crippen molar-refractivity contribution in [2.75, 3.05) is 6.54 Å². The van der Waals surface area contributed by atoms with Crippen molar-refractivity contribution < 1.29 is 4.79 Å². The Balaban J connectivity index is 1.48. The van der Waals surface area contributed by atoms with Crippen molar-refractivity contribution in [1.29, 1.82) is 0 Å². The highest BCUT2D eigenvalue weighted by Crippen LogP contribution is 2.24. The van der Waals surface area contributed by atoms with E-state index in [0.29, 0.717) is 6.54 Å². The number of amides is 1. The monoisotopic (exact) mass is 315 g/mol. The van der Waals surface area contributed by atoms with Crippen LogP contribution in [-0.4, -0.2) is 22.4 Å². The SMILES string of the molecule is O=C(NCCc1nc(-c2ccncc2)cs1)C1CCCCC1. The molecule has 1 aliphatic rings. The maximum atomic E-state index is 12.1. The number of carbonyl (C=O) groups is 1. The van der Waals surface area contributed by atoms with Gasteiger partial charge in [-0.05, 0) is 25.0 Å². The predicted molar refractivity (Wildman–Crippen MR) is 88.6 cm³/mol. The zero-order valence-corrected chi connectivity index (χ0v) is 13.4. The van der Waals surface area contributed by atoms with Gasteiger partial charge in [-0.25, -0.2) is 4.98 Å². The third-order valence-corrected chi connectivity index (χ3v) is 5.05. The zero-order chi connectivity index (χ0) is 15.2. The highest BCUT2D eigenvalue weighted by Gasteiger charge is 2.20. The lowest BCUT2D eigenvalue weighted by Crippen LogP contribution is -2.33. The van der Waals surface area contributed by atoms with E-state index < -0.39 is 0 Å². The quantitative estimate of drug-likeness (QED) is 0.919. The van der Waals surface area contributed by atoms with Gasteiger partial charge in [-0.2, -0.15) is 0 Å². The molecule has 4 nitrogen and oxygen atoms in total. The standard InChI is InChI=1S/C17H21N3OS/c21-17(14-4-2-1-3-5-14)19-11-8-16-20-15(12-22-16)13-6-9-18-10-7-13/h6-7,9-10,12,14H,1-5,8,11H2,(H,19,21). The van der Waals surface area contributed by atoms with Gasteiger partial charge in [0.25, 0.3) is 0 Å². The minimum absolute atomic E-state index is 0.227. The van der Waals surface area contributed by atoms with Gasteiger partial charge in [0.05, 0.1) is 10.7 Å². The van der Waals surface area contributed by atoms with Gasteiger partial charge in [0.1, 0.15) is 0 Å². The summed E-state index contributed by atoms with van der Waals surface area (Å²) in [6.45, 7) is 0.679. The van der Waals surface area contributed by atoms with Crippen LogP contribution < -0.4 is 5.32 Å². The van der Waals surface area contributed by atoms with Crippen LogP contribution in [0.3, 0.4) is 0 Å². The fourth-order valence-corrected chi connectivity index (χ4v) is 3.69. The summed E-state index contributed by atoms with van der Waals surface area (Å²) in [6, 6.07) is 3.92. The number of carbonyl (C=O) groups excluding carboxylic acids is 1. The molecule has 0 atom stereocenters. The molecule has 1 aliphatic carbocycles. The normalized spacial score (nSPS) is 15.6. The lowest BCUT2D eigenvalue weighted by atomic mass is 9.89. The smallest absolute Gasteiger partial charge is 0.223 e. The number of nitrogens with zero attached hydrogens (tertiary/aromatic N) is 2.